The van der Waals surface area contributed by atoms with Crippen molar-refractivity contribution >= 4 is 5.69 Å². The summed E-state index contributed by atoms with van der Waals surface area (Å²) in [7, 11) is 0. The summed E-state index contributed by atoms with van der Waals surface area (Å²) in [6.45, 7) is 4.52. The van der Waals surface area contributed by atoms with Crippen molar-refractivity contribution in [2.45, 2.75) is 38.7 Å². The fourth-order valence-corrected chi connectivity index (χ4v) is 4.10. The first-order chi connectivity index (χ1) is 16.5. The molecule has 1 fully saturated rings. The number of hydrogen-bond donors (Lipinski definition) is 1. The monoisotopic (exact) mass is 455 g/mol. The molecule has 34 heavy (non-hydrogen) atoms. The Morgan fingerprint density at radius 1 is 0.971 bits per heavy atom. The molecule has 5 rings (SSSR count). The molecule has 0 aliphatic carbocycles. The molecule has 4 aromatic rings. The number of anilines is 1. The Bertz CT molecular complexity index is 1230. The van der Waals surface area contributed by atoms with E-state index in [0.717, 1.165) is 22.8 Å². The van der Waals surface area contributed by atoms with Gasteiger partial charge in [0.2, 0.25) is 0 Å². The predicted octanol–water partition coefficient (Wildman–Crippen LogP) is 5.56. The van der Waals surface area contributed by atoms with Crippen LogP contribution >= 0.6 is 0 Å². The summed E-state index contributed by atoms with van der Waals surface area (Å²) in [5.74, 6) is 1.64. The summed E-state index contributed by atoms with van der Waals surface area (Å²) in [4.78, 5) is 4.57. The van der Waals surface area contributed by atoms with Gasteiger partial charge in [0.15, 0.2) is 0 Å². The van der Waals surface area contributed by atoms with Crippen molar-refractivity contribution in [2.24, 2.45) is 0 Å². The molecule has 0 spiro atoms. The molecule has 0 amide bonds. The summed E-state index contributed by atoms with van der Waals surface area (Å²) in [6.07, 6.45) is 3.88. The van der Waals surface area contributed by atoms with Gasteiger partial charge in [-0.2, -0.15) is 0 Å². The van der Waals surface area contributed by atoms with Gasteiger partial charge in [-0.3, -0.25) is 0 Å². The molecule has 2 heterocycles. The molecule has 1 aliphatic heterocycles. The number of nitrogens with zero attached hydrogens (tertiary/aromatic N) is 2. The van der Waals surface area contributed by atoms with E-state index in [1.165, 1.54) is 11.1 Å². The van der Waals surface area contributed by atoms with Crippen LogP contribution in [0.2, 0.25) is 0 Å². The first-order valence-corrected chi connectivity index (χ1v) is 11.5. The van der Waals surface area contributed by atoms with Crippen molar-refractivity contribution in [2.75, 3.05) is 12.3 Å². The van der Waals surface area contributed by atoms with Gasteiger partial charge in [-0.15, -0.1) is 0 Å². The van der Waals surface area contributed by atoms with E-state index < -0.39 is 0 Å². The van der Waals surface area contributed by atoms with Crippen molar-refractivity contribution < 1.29 is 14.2 Å². The van der Waals surface area contributed by atoms with Gasteiger partial charge >= 0.3 is 0 Å². The minimum atomic E-state index is -0.231. The summed E-state index contributed by atoms with van der Waals surface area (Å²) >= 11 is 0. The molecule has 3 atom stereocenters. The summed E-state index contributed by atoms with van der Waals surface area (Å²) in [6, 6.07) is 23.8. The number of hydrogen-bond acceptors (Lipinski definition) is 5. The molecular weight excluding hydrogens is 426 g/mol. The molecule has 0 bridgehead atoms. The third-order valence-corrected chi connectivity index (χ3v) is 6.04. The van der Waals surface area contributed by atoms with Crippen molar-refractivity contribution in [3.63, 3.8) is 0 Å². The van der Waals surface area contributed by atoms with Crippen LogP contribution in [-0.2, 0) is 4.74 Å². The Morgan fingerprint density at radius 3 is 2.38 bits per heavy atom. The molecule has 1 aromatic heterocycles. The van der Waals surface area contributed by atoms with Crippen LogP contribution in [0, 0.1) is 13.8 Å². The van der Waals surface area contributed by atoms with E-state index in [1.807, 2.05) is 83.6 Å². The van der Waals surface area contributed by atoms with Crippen LogP contribution in [0.1, 0.15) is 23.8 Å². The summed E-state index contributed by atoms with van der Waals surface area (Å²) in [5, 5.41) is 0. The first kappa shape index (κ1) is 22.0. The fourth-order valence-electron chi connectivity index (χ4n) is 4.10. The number of nitrogens with two attached hydrogens (primary N) is 1. The number of nitrogen functional groups attached to an aromatic ring is 1. The number of rotatable bonds is 7. The summed E-state index contributed by atoms with van der Waals surface area (Å²) in [5.41, 5.74) is 10.9. The zero-order chi connectivity index (χ0) is 23.5. The van der Waals surface area contributed by atoms with E-state index in [1.54, 1.807) is 6.33 Å². The largest absolute Gasteiger partial charge is 0.491 e. The van der Waals surface area contributed by atoms with Gasteiger partial charge in [0.05, 0.1) is 12.0 Å². The topological polar surface area (TPSA) is 71.5 Å². The molecule has 1 aliphatic rings. The molecule has 0 unspecified atom stereocenters. The number of aryl methyl sites for hydroxylation is 2. The Hall–Kier alpha value is -3.77. The number of benzene rings is 3. The number of ether oxygens (including phenoxy) is 3. The van der Waals surface area contributed by atoms with Gasteiger partial charge in [0, 0.05) is 23.9 Å². The zero-order valence-corrected chi connectivity index (χ0v) is 19.4. The van der Waals surface area contributed by atoms with Crippen LogP contribution in [0.15, 0.2) is 85.3 Å². The van der Waals surface area contributed by atoms with E-state index in [-0.39, 0.29) is 18.4 Å². The maximum atomic E-state index is 6.42. The first-order valence-electron chi connectivity index (χ1n) is 11.5. The molecule has 6 heteroatoms. The molecule has 0 radical (unpaired) electrons. The quantitative estimate of drug-likeness (QED) is 0.369. The van der Waals surface area contributed by atoms with Crippen LogP contribution in [-0.4, -0.2) is 28.4 Å². The fraction of sp³-hybridized carbons (Fsp3) is 0.250. The van der Waals surface area contributed by atoms with Gasteiger partial charge in [0.1, 0.15) is 36.5 Å². The number of aromatic nitrogens is 2. The highest BCUT2D eigenvalue weighted by atomic mass is 16.6. The van der Waals surface area contributed by atoms with Crippen LogP contribution in [0.5, 0.6) is 11.5 Å². The van der Waals surface area contributed by atoms with Gasteiger partial charge in [-0.05, 0) is 50.2 Å². The number of imidazole rings is 1. The van der Waals surface area contributed by atoms with Gasteiger partial charge < -0.3 is 24.5 Å². The van der Waals surface area contributed by atoms with Gasteiger partial charge in [0.25, 0.3) is 0 Å². The van der Waals surface area contributed by atoms with E-state index in [9.17, 15) is 0 Å². The van der Waals surface area contributed by atoms with E-state index in [4.69, 9.17) is 19.9 Å². The third-order valence-electron chi connectivity index (χ3n) is 6.04. The second-order valence-corrected chi connectivity index (χ2v) is 8.79. The molecule has 1 saturated heterocycles. The molecule has 2 N–H and O–H groups in total. The van der Waals surface area contributed by atoms with Gasteiger partial charge in [-0.25, -0.2) is 4.98 Å². The molecular formula is C28H29N3O3. The third kappa shape index (κ3) is 5.07. The highest BCUT2D eigenvalue weighted by molar-refractivity contribution is 5.63. The van der Waals surface area contributed by atoms with Crippen LogP contribution in [0.4, 0.5) is 5.69 Å². The molecule has 0 saturated carbocycles. The zero-order valence-electron chi connectivity index (χ0n) is 19.4. The lowest BCUT2D eigenvalue weighted by Crippen LogP contribution is -2.32. The van der Waals surface area contributed by atoms with Crippen LogP contribution in [0.3, 0.4) is 0 Å². The molecule has 3 aromatic carbocycles. The summed E-state index contributed by atoms with van der Waals surface area (Å²) < 4.78 is 20.8. The predicted molar refractivity (Wildman–Crippen MR) is 133 cm³/mol. The van der Waals surface area contributed by atoms with Gasteiger partial charge in [-0.1, -0.05) is 47.5 Å². The Kier molecular flexibility index (Phi) is 6.23. The van der Waals surface area contributed by atoms with E-state index in [0.29, 0.717) is 18.7 Å². The second-order valence-electron chi connectivity index (χ2n) is 8.79. The average Bonchev–Trinajstić information content (AvgIpc) is 3.48. The van der Waals surface area contributed by atoms with Crippen molar-refractivity contribution in [1.29, 1.82) is 0 Å². The minimum absolute atomic E-state index is 0.156. The highest BCUT2D eigenvalue weighted by Crippen LogP contribution is 2.33. The van der Waals surface area contributed by atoms with Crippen LogP contribution < -0.4 is 15.2 Å². The molecule has 6 nitrogen and oxygen atoms in total. The normalized spacial score (nSPS) is 19.8. The SMILES string of the molecule is Cc1ccc(OC[C@H]2O[C@H](n3cnc(-c4cccc(N)c4)c3)C[C@@H]2Oc2ccc(C)cc2)cc1. The smallest absolute Gasteiger partial charge is 0.139 e. The standard InChI is InChI=1S/C28H29N3O3/c1-19-6-10-23(11-7-19)32-17-27-26(33-24-12-8-20(2)9-13-24)15-28(34-27)31-16-25(30-18-31)21-4-3-5-22(29)14-21/h3-14,16,18,26-28H,15,17,29H2,1-2H3/t26-,27+,28-/m0/s1. The van der Waals surface area contributed by atoms with E-state index >= 15 is 0 Å². The Labute approximate surface area is 199 Å². The second kappa shape index (κ2) is 9.61. The lowest BCUT2D eigenvalue weighted by atomic mass is 10.1. The maximum absolute atomic E-state index is 6.42. The van der Waals surface area contributed by atoms with Crippen molar-refractivity contribution in [1.82, 2.24) is 9.55 Å². The van der Waals surface area contributed by atoms with Crippen LogP contribution in [0.25, 0.3) is 11.3 Å². The van der Waals surface area contributed by atoms with Crippen molar-refractivity contribution in [3.8, 4) is 22.8 Å². The van der Waals surface area contributed by atoms with Crippen molar-refractivity contribution in [3.05, 3.63) is 96.4 Å². The Morgan fingerprint density at radius 2 is 1.68 bits per heavy atom. The highest BCUT2D eigenvalue weighted by Gasteiger charge is 2.38. The van der Waals surface area contributed by atoms with E-state index in [2.05, 4.69) is 18.8 Å². The lowest BCUT2D eigenvalue weighted by molar-refractivity contribution is -0.0354. The minimum Gasteiger partial charge on any atom is -0.491 e. The Balaban J connectivity index is 1.33. The molecule has 174 valence electrons. The maximum Gasteiger partial charge on any atom is 0.139 e. The average molecular weight is 456 g/mol. The lowest BCUT2D eigenvalue weighted by Gasteiger charge is -2.20.